The van der Waals surface area contributed by atoms with Gasteiger partial charge in [-0.25, -0.2) is 4.79 Å². The van der Waals surface area contributed by atoms with Gasteiger partial charge in [-0.1, -0.05) is 21.6 Å². The van der Waals surface area contributed by atoms with Gasteiger partial charge in [0, 0.05) is 19.2 Å². The molecule has 4 nitrogen and oxygen atoms in total. The van der Waals surface area contributed by atoms with Gasteiger partial charge in [0.15, 0.2) is 0 Å². The Balaban J connectivity index is 3.93. The number of esters is 1. The fourth-order valence-electron chi connectivity index (χ4n) is 0.932. The van der Waals surface area contributed by atoms with Crippen molar-refractivity contribution in [3.8, 4) is 0 Å². The number of likely N-dealkylation sites (N-methyl/N-ethyl adjacent to an activating group) is 1. The van der Waals surface area contributed by atoms with Crippen LogP contribution in [0, 0.1) is 0 Å². The molecule has 0 N–H and O–H groups in total. The zero-order valence-electron chi connectivity index (χ0n) is 9.89. The van der Waals surface area contributed by atoms with Gasteiger partial charge < -0.3 is 9.64 Å². The Morgan fingerprint density at radius 2 is 2.06 bits per heavy atom. The van der Waals surface area contributed by atoms with E-state index in [1.165, 1.54) is 12.0 Å². The zero-order chi connectivity index (χ0) is 12.6. The lowest BCUT2D eigenvalue weighted by molar-refractivity contribution is -0.150. The predicted molar refractivity (Wildman–Crippen MR) is 72.4 cm³/mol. The second-order valence-corrected chi connectivity index (χ2v) is 7.46. The molecule has 0 aromatic rings. The van der Waals surface area contributed by atoms with Crippen LogP contribution in [0.3, 0.4) is 0 Å². The van der Waals surface area contributed by atoms with Crippen molar-refractivity contribution >= 4 is 43.3 Å². The number of rotatable bonds is 7. The highest BCUT2D eigenvalue weighted by Crippen LogP contribution is 2.32. The van der Waals surface area contributed by atoms with Crippen LogP contribution in [0.1, 0.15) is 13.3 Å². The van der Waals surface area contributed by atoms with Crippen molar-refractivity contribution in [2.45, 2.75) is 19.4 Å². The van der Waals surface area contributed by atoms with Gasteiger partial charge in [-0.2, -0.15) is 0 Å². The summed E-state index contributed by atoms with van der Waals surface area (Å²) in [7, 11) is 7.89. The van der Waals surface area contributed by atoms with Crippen LogP contribution < -0.4 is 0 Å². The summed E-state index contributed by atoms with van der Waals surface area (Å²) in [6.07, 6.45) is 2.43. The van der Waals surface area contributed by atoms with E-state index in [0.717, 1.165) is 5.75 Å². The predicted octanol–water partition coefficient (Wildman–Crippen LogP) is 2.06. The molecule has 0 heterocycles. The van der Waals surface area contributed by atoms with Gasteiger partial charge in [0.1, 0.15) is 6.04 Å². The monoisotopic (exact) mass is 283 g/mol. The van der Waals surface area contributed by atoms with Crippen molar-refractivity contribution in [3.05, 3.63) is 0 Å². The minimum Gasteiger partial charge on any atom is -0.467 e. The lowest BCUT2D eigenvalue weighted by Crippen LogP contribution is -2.41. The van der Waals surface area contributed by atoms with Crippen molar-refractivity contribution in [1.82, 2.24) is 4.90 Å². The molecule has 16 heavy (non-hydrogen) atoms. The van der Waals surface area contributed by atoms with Gasteiger partial charge in [0.25, 0.3) is 0 Å². The Labute approximate surface area is 108 Å². The third-order valence-corrected chi connectivity index (χ3v) is 5.92. The molecule has 94 valence electrons. The molecule has 0 aliphatic heterocycles. The largest absolute Gasteiger partial charge is 0.467 e. The summed E-state index contributed by atoms with van der Waals surface area (Å²) in [5.74, 6) is 0.330. The molecule has 0 aliphatic carbocycles. The third kappa shape index (κ3) is 5.91. The number of carbonyl (C=O) groups excluding carboxylic acids is 2. The Morgan fingerprint density at radius 1 is 1.44 bits per heavy atom. The first-order valence-corrected chi connectivity index (χ1v) is 8.76. The zero-order valence-corrected chi connectivity index (χ0v) is 12.3. The maximum absolute atomic E-state index is 11.7. The van der Waals surface area contributed by atoms with Crippen LogP contribution in [0.2, 0.25) is 0 Å². The Morgan fingerprint density at radius 3 is 2.56 bits per heavy atom. The van der Waals surface area contributed by atoms with Crippen LogP contribution in [0.25, 0.3) is 0 Å². The SMILES string of the molecule is COC(=O)[C@H](C)N(C)C(=O)CCSSSC. The second-order valence-electron chi connectivity index (χ2n) is 3.01. The highest BCUT2D eigenvalue weighted by Gasteiger charge is 2.22. The first kappa shape index (κ1) is 16.0. The quantitative estimate of drug-likeness (QED) is 0.405. The van der Waals surface area contributed by atoms with Gasteiger partial charge in [0.2, 0.25) is 5.91 Å². The summed E-state index contributed by atoms with van der Waals surface area (Å²) in [5, 5.41) is 0. The summed E-state index contributed by atoms with van der Waals surface area (Å²) in [6.45, 7) is 1.66. The summed E-state index contributed by atoms with van der Waals surface area (Å²) >= 11 is 0. The molecule has 0 aliphatic rings. The van der Waals surface area contributed by atoms with Crippen LogP contribution in [-0.2, 0) is 14.3 Å². The molecule has 0 bridgehead atoms. The molecule has 0 saturated carbocycles. The number of ether oxygens (including phenoxy) is 1. The van der Waals surface area contributed by atoms with Gasteiger partial charge in [-0.15, -0.1) is 0 Å². The van der Waals surface area contributed by atoms with E-state index < -0.39 is 6.04 Å². The number of carbonyl (C=O) groups is 2. The average molecular weight is 283 g/mol. The highest BCUT2D eigenvalue weighted by atomic mass is 33.5. The molecule has 1 amide bonds. The van der Waals surface area contributed by atoms with Crippen molar-refractivity contribution in [3.63, 3.8) is 0 Å². The summed E-state index contributed by atoms with van der Waals surface area (Å²) < 4.78 is 4.58. The number of methoxy groups -OCH3 is 1. The summed E-state index contributed by atoms with van der Waals surface area (Å²) in [4.78, 5) is 24.3. The molecule has 0 aromatic carbocycles. The Kier molecular flexibility index (Phi) is 9.06. The Hall–Kier alpha value is -0.0100. The number of amides is 1. The summed E-state index contributed by atoms with van der Waals surface area (Å²) in [5.41, 5.74) is 0. The van der Waals surface area contributed by atoms with E-state index in [-0.39, 0.29) is 11.9 Å². The fourth-order valence-corrected chi connectivity index (χ4v) is 3.58. The number of hydrogen-bond donors (Lipinski definition) is 0. The molecule has 0 radical (unpaired) electrons. The normalized spacial score (nSPS) is 12.0. The van der Waals surface area contributed by atoms with Crippen LogP contribution in [-0.4, -0.2) is 49.0 Å². The van der Waals surface area contributed by atoms with Gasteiger partial charge in [0.05, 0.1) is 7.11 Å². The van der Waals surface area contributed by atoms with E-state index in [0.29, 0.717) is 6.42 Å². The number of nitrogens with zero attached hydrogens (tertiary/aromatic N) is 1. The minimum absolute atomic E-state index is 0.0351. The van der Waals surface area contributed by atoms with Crippen LogP contribution in [0.5, 0.6) is 0 Å². The lowest BCUT2D eigenvalue weighted by atomic mass is 10.3. The molecule has 0 unspecified atom stereocenters. The number of hydrogen-bond acceptors (Lipinski definition) is 6. The van der Waals surface area contributed by atoms with Crippen molar-refractivity contribution < 1.29 is 14.3 Å². The van der Waals surface area contributed by atoms with E-state index in [2.05, 4.69) is 4.74 Å². The standard InChI is InChI=1S/C9H17NO3S3/c1-7(9(12)13-3)10(2)8(11)5-6-15-16-14-4/h7H,5-6H2,1-4H3/t7-/m0/s1. The van der Waals surface area contributed by atoms with E-state index in [1.54, 1.807) is 45.4 Å². The molecule has 0 saturated heterocycles. The maximum atomic E-state index is 11.7. The van der Waals surface area contributed by atoms with Crippen molar-refractivity contribution in [2.24, 2.45) is 0 Å². The van der Waals surface area contributed by atoms with Gasteiger partial charge in [-0.3, -0.25) is 4.79 Å². The fraction of sp³-hybridized carbons (Fsp3) is 0.778. The first-order chi connectivity index (χ1) is 7.54. The molecule has 7 heteroatoms. The van der Waals surface area contributed by atoms with E-state index in [1.807, 2.05) is 6.26 Å². The highest BCUT2D eigenvalue weighted by molar-refractivity contribution is 9.09. The van der Waals surface area contributed by atoms with Gasteiger partial charge in [-0.05, 0) is 23.0 Å². The molecule has 0 fully saturated rings. The van der Waals surface area contributed by atoms with E-state index in [9.17, 15) is 9.59 Å². The smallest absolute Gasteiger partial charge is 0.328 e. The van der Waals surface area contributed by atoms with Gasteiger partial charge >= 0.3 is 5.97 Å². The summed E-state index contributed by atoms with van der Waals surface area (Å²) in [6, 6.07) is -0.518. The van der Waals surface area contributed by atoms with Crippen LogP contribution in [0.4, 0.5) is 0 Å². The lowest BCUT2D eigenvalue weighted by Gasteiger charge is -2.22. The topological polar surface area (TPSA) is 46.6 Å². The molecule has 0 aromatic heterocycles. The maximum Gasteiger partial charge on any atom is 0.328 e. The Bertz CT molecular complexity index is 238. The molecular weight excluding hydrogens is 266 g/mol. The van der Waals surface area contributed by atoms with Crippen LogP contribution in [0.15, 0.2) is 0 Å². The molecule has 1 atom stereocenters. The van der Waals surface area contributed by atoms with Crippen LogP contribution >= 0.6 is 31.4 Å². The van der Waals surface area contributed by atoms with E-state index in [4.69, 9.17) is 0 Å². The second kappa shape index (κ2) is 9.07. The van der Waals surface area contributed by atoms with Crippen molar-refractivity contribution in [2.75, 3.05) is 26.2 Å². The molecule has 0 spiro atoms. The minimum atomic E-state index is -0.518. The van der Waals surface area contributed by atoms with Crippen molar-refractivity contribution in [1.29, 1.82) is 0 Å². The third-order valence-electron chi connectivity index (χ3n) is 2.03. The first-order valence-electron chi connectivity index (χ1n) is 4.70. The van der Waals surface area contributed by atoms with E-state index >= 15 is 0 Å². The molecule has 0 rings (SSSR count). The molecular formula is C9H17NO3S3. The average Bonchev–Trinajstić information content (AvgIpc) is 2.31.